The first-order chi connectivity index (χ1) is 8.81. The first kappa shape index (κ1) is 15.5. The van der Waals surface area contributed by atoms with Gasteiger partial charge in [0.15, 0.2) is 17.5 Å². The minimum atomic E-state index is -1.60. The van der Waals surface area contributed by atoms with Crippen LogP contribution in [0.15, 0.2) is 12.1 Å². The van der Waals surface area contributed by atoms with Crippen molar-refractivity contribution in [3.63, 3.8) is 0 Å². The Morgan fingerprint density at radius 2 is 1.79 bits per heavy atom. The second-order valence-electron chi connectivity index (χ2n) is 4.65. The molecule has 1 amide bonds. The zero-order valence-corrected chi connectivity index (χ0v) is 10.7. The number of aliphatic hydroxyl groups excluding tert-OH is 1. The summed E-state index contributed by atoms with van der Waals surface area (Å²) >= 11 is 0. The number of halogens is 3. The summed E-state index contributed by atoms with van der Waals surface area (Å²) in [6.45, 7) is 3.70. The maximum absolute atomic E-state index is 12.9. The lowest BCUT2D eigenvalue weighted by Gasteiger charge is -2.14. The molecule has 0 radical (unpaired) electrons. The van der Waals surface area contributed by atoms with Crippen LogP contribution in [0.4, 0.5) is 13.2 Å². The third-order valence-corrected chi connectivity index (χ3v) is 2.60. The highest BCUT2D eigenvalue weighted by Gasteiger charge is 2.15. The molecule has 1 rings (SSSR count). The lowest BCUT2D eigenvalue weighted by molar-refractivity contribution is 0.0938. The van der Waals surface area contributed by atoms with Crippen LogP contribution in [0, 0.1) is 23.4 Å². The highest BCUT2D eigenvalue weighted by atomic mass is 19.2. The number of aliphatic hydroxyl groups is 1. The van der Waals surface area contributed by atoms with E-state index in [1.54, 1.807) is 6.92 Å². The van der Waals surface area contributed by atoms with Crippen LogP contribution in [0.2, 0.25) is 0 Å². The maximum atomic E-state index is 12.9. The third-order valence-electron chi connectivity index (χ3n) is 2.60. The number of nitrogens with one attached hydrogen (secondary N) is 1. The number of hydrogen-bond acceptors (Lipinski definition) is 2. The fraction of sp³-hybridized carbons (Fsp3) is 0.462. The maximum Gasteiger partial charge on any atom is 0.251 e. The van der Waals surface area contributed by atoms with Crippen LogP contribution in [0.1, 0.15) is 30.6 Å². The van der Waals surface area contributed by atoms with Crippen molar-refractivity contribution in [2.45, 2.75) is 26.4 Å². The van der Waals surface area contributed by atoms with Crippen LogP contribution < -0.4 is 5.32 Å². The van der Waals surface area contributed by atoms with Crippen molar-refractivity contribution in [2.75, 3.05) is 6.54 Å². The summed E-state index contributed by atoms with van der Waals surface area (Å²) in [7, 11) is 0. The number of carbonyl (C=O) groups is 1. The van der Waals surface area contributed by atoms with Gasteiger partial charge in [-0.05, 0) is 31.4 Å². The zero-order valence-electron chi connectivity index (χ0n) is 10.7. The number of benzene rings is 1. The average molecular weight is 275 g/mol. The summed E-state index contributed by atoms with van der Waals surface area (Å²) in [6, 6.07) is 1.29. The van der Waals surface area contributed by atoms with Crippen molar-refractivity contribution in [3.05, 3.63) is 35.1 Å². The van der Waals surface area contributed by atoms with E-state index in [0.29, 0.717) is 18.6 Å². The summed E-state index contributed by atoms with van der Waals surface area (Å²) < 4.78 is 38.6. The molecule has 6 heteroatoms. The lowest BCUT2D eigenvalue weighted by atomic mass is 10.0. The highest BCUT2D eigenvalue weighted by molar-refractivity contribution is 5.94. The summed E-state index contributed by atoms with van der Waals surface area (Å²) in [5.74, 6) is -5.07. The van der Waals surface area contributed by atoms with Crippen LogP contribution in [-0.2, 0) is 0 Å². The Labute approximate surface area is 109 Å². The van der Waals surface area contributed by atoms with Gasteiger partial charge in [-0.3, -0.25) is 4.79 Å². The average Bonchev–Trinajstić information content (AvgIpc) is 2.31. The molecule has 0 bridgehead atoms. The zero-order chi connectivity index (χ0) is 14.6. The van der Waals surface area contributed by atoms with Gasteiger partial charge in [-0.2, -0.15) is 0 Å². The number of amides is 1. The molecule has 3 nitrogen and oxygen atoms in total. The number of hydrogen-bond donors (Lipinski definition) is 2. The van der Waals surface area contributed by atoms with E-state index >= 15 is 0 Å². The fourth-order valence-corrected chi connectivity index (χ4v) is 1.72. The quantitative estimate of drug-likeness (QED) is 0.810. The van der Waals surface area contributed by atoms with Crippen LogP contribution in [-0.4, -0.2) is 23.7 Å². The predicted octanol–water partition coefficient (Wildman–Crippen LogP) is 2.24. The van der Waals surface area contributed by atoms with E-state index < -0.39 is 29.5 Å². The smallest absolute Gasteiger partial charge is 0.251 e. The van der Waals surface area contributed by atoms with E-state index in [4.69, 9.17) is 5.11 Å². The number of rotatable bonds is 5. The Kier molecular flexibility index (Phi) is 5.35. The van der Waals surface area contributed by atoms with Crippen LogP contribution in [0.5, 0.6) is 0 Å². The van der Waals surface area contributed by atoms with Crippen molar-refractivity contribution in [3.8, 4) is 0 Å². The van der Waals surface area contributed by atoms with Gasteiger partial charge in [-0.25, -0.2) is 13.2 Å². The van der Waals surface area contributed by atoms with Gasteiger partial charge in [0.05, 0.1) is 6.10 Å². The first-order valence-corrected chi connectivity index (χ1v) is 5.92. The van der Waals surface area contributed by atoms with Crippen LogP contribution in [0.3, 0.4) is 0 Å². The van der Waals surface area contributed by atoms with Gasteiger partial charge >= 0.3 is 0 Å². The molecule has 0 aliphatic rings. The molecule has 0 saturated heterocycles. The van der Waals surface area contributed by atoms with E-state index in [1.165, 1.54) is 0 Å². The molecule has 1 aromatic rings. The normalized spacial score (nSPS) is 14.0. The van der Waals surface area contributed by atoms with Gasteiger partial charge in [0.2, 0.25) is 0 Å². The molecule has 1 aromatic carbocycles. The molecule has 0 heterocycles. The van der Waals surface area contributed by atoms with Gasteiger partial charge in [0.1, 0.15) is 0 Å². The molecule has 19 heavy (non-hydrogen) atoms. The van der Waals surface area contributed by atoms with E-state index in [0.717, 1.165) is 0 Å². The standard InChI is InChI=1S/C13H16F3NO2/c1-7(3-8(2)18)6-17-13(19)9-4-10(14)12(16)11(15)5-9/h4-5,7-8,18H,3,6H2,1-2H3,(H,17,19). The second-order valence-corrected chi connectivity index (χ2v) is 4.65. The molecule has 106 valence electrons. The van der Waals surface area contributed by atoms with E-state index in [2.05, 4.69) is 5.32 Å². The molecule has 0 saturated carbocycles. The lowest BCUT2D eigenvalue weighted by Crippen LogP contribution is -2.29. The van der Waals surface area contributed by atoms with Gasteiger partial charge < -0.3 is 10.4 Å². The Balaban J connectivity index is 2.64. The molecule has 2 unspecified atom stereocenters. The topological polar surface area (TPSA) is 49.3 Å². The molecule has 2 N–H and O–H groups in total. The highest BCUT2D eigenvalue weighted by Crippen LogP contribution is 2.13. The van der Waals surface area contributed by atoms with Crippen molar-refractivity contribution in [1.82, 2.24) is 5.32 Å². The molecule has 0 spiro atoms. The van der Waals surface area contributed by atoms with E-state index in [9.17, 15) is 18.0 Å². The first-order valence-electron chi connectivity index (χ1n) is 5.92. The molecule has 0 aliphatic carbocycles. The van der Waals surface area contributed by atoms with E-state index in [1.807, 2.05) is 6.92 Å². The van der Waals surface area contributed by atoms with Crippen molar-refractivity contribution >= 4 is 5.91 Å². The molecule has 0 aliphatic heterocycles. The number of carbonyl (C=O) groups excluding carboxylic acids is 1. The van der Waals surface area contributed by atoms with Crippen molar-refractivity contribution in [1.29, 1.82) is 0 Å². The summed E-state index contributed by atoms with van der Waals surface area (Å²) in [5.41, 5.74) is -0.277. The van der Waals surface area contributed by atoms with Gasteiger partial charge in [-0.1, -0.05) is 6.92 Å². The molecular weight excluding hydrogens is 259 g/mol. The van der Waals surface area contributed by atoms with Crippen LogP contribution >= 0.6 is 0 Å². The Bertz CT molecular complexity index is 440. The minimum Gasteiger partial charge on any atom is -0.393 e. The van der Waals surface area contributed by atoms with E-state index in [-0.39, 0.29) is 18.0 Å². The summed E-state index contributed by atoms with van der Waals surface area (Å²) in [4.78, 5) is 11.6. The Morgan fingerprint density at radius 1 is 1.26 bits per heavy atom. The summed E-state index contributed by atoms with van der Waals surface area (Å²) in [5, 5.41) is 11.6. The van der Waals surface area contributed by atoms with Crippen molar-refractivity contribution in [2.24, 2.45) is 5.92 Å². The Hall–Kier alpha value is -1.56. The third kappa shape index (κ3) is 4.55. The molecule has 0 aromatic heterocycles. The summed E-state index contributed by atoms with van der Waals surface area (Å²) in [6.07, 6.45) is -0.000472. The van der Waals surface area contributed by atoms with Crippen molar-refractivity contribution < 1.29 is 23.1 Å². The predicted molar refractivity (Wildman–Crippen MR) is 64.1 cm³/mol. The SMILES string of the molecule is CC(O)CC(C)CNC(=O)c1cc(F)c(F)c(F)c1. The molecular formula is C13H16F3NO2. The minimum absolute atomic E-state index is 0.0130. The molecule has 0 fully saturated rings. The second kappa shape index (κ2) is 6.56. The Morgan fingerprint density at radius 3 is 2.26 bits per heavy atom. The van der Waals surface area contributed by atoms with Gasteiger partial charge in [0, 0.05) is 12.1 Å². The largest absolute Gasteiger partial charge is 0.393 e. The monoisotopic (exact) mass is 275 g/mol. The van der Waals surface area contributed by atoms with Gasteiger partial charge in [0.25, 0.3) is 5.91 Å². The fourth-order valence-electron chi connectivity index (χ4n) is 1.72. The van der Waals surface area contributed by atoms with Gasteiger partial charge in [-0.15, -0.1) is 0 Å². The van der Waals surface area contributed by atoms with Crippen LogP contribution in [0.25, 0.3) is 0 Å². The molecule has 2 atom stereocenters.